The second-order valence-corrected chi connectivity index (χ2v) is 8.01. The van der Waals surface area contributed by atoms with Crippen molar-refractivity contribution < 1.29 is 0 Å². The van der Waals surface area contributed by atoms with Crippen molar-refractivity contribution in [3.05, 3.63) is 42.5 Å². The first-order valence-electron chi connectivity index (χ1n) is 6.74. The molecule has 2 nitrogen and oxygen atoms in total. The van der Waals surface area contributed by atoms with E-state index in [1.807, 2.05) is 18.2 Å². The van der Waals surface area contributed by atoms with Crippen molar-refractivity contribution in [3.8, 4) is 11.4 Å². The molecule has 0 unspecified atom stereocenters. The van der Waals surface area contributed by atoms with Crippen molar-refractivity contribution in [1.82, 2.24) is 9.97 Å². The molecule has 0 atom stereocenters. The van der Waals surface area contributed by atoms with Crippen LogP contribution in [0.5, 0.6) is 0 Å². The predicted octanol–water partition coefficient (Wildman–Crippen LogP) is 6.74. The molecule has 0 amide bonds. The Morgan fingerprint density at radius 3 is 2.38 bits per heavy atom. The molecule has 0 N–H and O–H groups in total. The van der Waals surface area contributed by atoms with E-state index in [1.165, 1.54) is 25.7 Å². The van der Waals surface area contributed by atoms with Crippen molar-refractivity contribution >= 4 is 59.4 Å². The van der Waals surface area contributed by atoms with Crippen molar-refractivity contribution in [2.45, 2.75) is 31.6 Å². The summed E-state index contributed by atoms with van der Waals surface area (Å²) in [7, 11) is 0. The van der Waals surface area contributed by atoms with Gasteiger partial charge in [0.2, 0.25) is 0 Å². The second kappa shape index (κ2) is 6.65. The molecule has 1 aromatic heterocycles. The highest BCUT2D eigenvalue weighted by Gasteiger charge is 2.23. The van der Waals surface area contributed by atoms with Crippen molar-refractivity contribution in [1.29, 1.82) is 0 Å². The van der Waals surface area contributed by atoms with Crippen LogP contribution in [-0.4, -0.2) is 9.97 Å². The summed E-state index contributed by atoms with van der Waals surface area (Å²) in [5.41, 5.74) is 2.00. The fourth-order valence-corrected chi connectivity index (χ4v) is 3.97. The van der Waals surface area contributed by atoms with Crippen LogP contribution >= 0.6 is 59.4 Å². The quantitative estimate of drug-likeness (QED) is 0.431. The molecule has 2 aromatic rings. The highest BCUT2D eigenvalue weighted by Crippen LogP contribution is 2.39. The molecule has 1 aliphatic rings. The number of benzene rings is 1. The van der Waals surface area contributed by atoms with E-state index in [2.05, 4.69) is 52.8 Å². The molecular formula is C15H12Br3ClN2. The van der Waals surface area contributed by atoms with Crippen LogP contribution in [0.15, 0.2) is 31.6 Å². The third-order valence-electron chi connectivity index (χ3n) is 3.76. The first kappa shape index (κ1) is 15.9. The maximum Gasteiger partial charge on any atom is 0.161 e. The third-order valence-corrected chi connectivity index (χ3v) is 6.92. The minimum absolute atomic E-state index is 0.484. The molecule has 0 radical (unpaired) electrons. The zero-order valence-electron chi connectivity index (χ0n) is 11.0. The van der Waals surface area contributed by atoms with Crippen LogP contribution in [0.25, 0.3) is 11.4 Å². The summed E-state index contributed by atoms with van der Waals surface area (Å²) in [5.74, 6) is 1.16. The Morgan fingerprint density at radius 1 is 1.00 bits per heavy atom. The zero-order valence-corrected chi connectivity index (χ0v) is 16.6. The number of hydrogen-bond acceptors (Lipinski definition) is 2. The van der Waals surface area contributed by atoms with E-state index in [1.54, 1.807) is 0 Å². The predicted molar refractivity (Wildman–Crippen MR) is 96.8 cm³/mol. The van der Waals surface area contributed by atoms with E-state index < -0.39 is 0 Å². The van der Waals surface area contributed by atoms with E-state index in [9.17, 15) is 0 Å². The summed E-state index contributed by atoms with van der Waals surface area (Å²) in [4.78, 5) is 9.19. The molecule has 6 heteroatoms. The normalized spacial score (nSPS) is 15.6. The molecule has 1 fully saturated rings. The minimum Gasteiger partial charge on any atom is -0.231 e. The number of aromatic nitrogens is 2. The molecule has 21 heavy (non-hydrogen) atoms. The topological polar surface area (TPSA) is 25.8 Å². The van der Waals surface area contributed by atoms with Gasteiger partial charge in [-0.15, -0.1) is 0 Å². The maximum absolute atomic E-state index is 6.30. The smallest absolute Gasteiger partial charge is 0.161 e. The average molecular weight is 495 g/mol. The lowest BCUT2D eigenvalue weighted by Crippen LogP contribution is -2.02. The van der Waals surface area contributed by atoms with E-state index in [4.69, 9.17) is 16.6 Å². The van der Waals surface area contributed by atoms with Crippen LogP contribution in [0.1, 0.15) is 37.3 Å². The lowest BCUT2D eigenvalue weighted by molar-refractivity contribution is 0.691. The largest absolute Gasteiger partial charge is 0.231 e. The summed E-state index contributed by atoms with van der Waals surface area (Å²) in [5, 5.41) is 0.487. The van der Waals surface area contributed by atoms with Gasteiger partial charge in [-0.05, 0) is 78.8 Å². The van der Waals surface area contributed by atoms with E-state index in [0.29, 0.717) is 16.9 Å². The highest BCUT2D eigenvalue weighted by atomic mass is 79.9. The summed E-state index contributed by atoms with van der Waals surface area (Å²) < 4.78 is 2.83. The molecule has 0 bridgehead atoms. The highest BCUT2D eigenvalue weighted by molar-refractivity contribution is 9.13. The molecule has 110 valence electrons. The lowest BCUT2D eigenvalue weighted by atomic mass is 10.0. The molecule has 0 aliphatic heterocycles. The maximum atomic E-state index is 6.30. The van der Waals surface area contributed by atoms with Crippen LogP contribution in [0.2, 0.25) is 5.15 Å². The van der Waals surface area contributed by atoms with Gasteiger partial charge >= 0.3 is 0 Å². The van der Waals surface area contributed by atoms with Gasteiger partial charge in [0.25, 0.3) is 0 Å². The zero-order chi connectivity index (χ0) is 15.0. The monoisotopic (exact) mass is 492 g/mol. The summed E-state index contributed by atoms with van der Waals surface area (Å²) >= 11 is 16.8. The van der Waals surface area contributed by atoms with Crippen LogP contribution in [0.3, 0.4) is 0 Å². The van der Waals surface area contributed by atoms with Gasteiger partial charge in [0.1, 0.15) is 5.15 Å². The molecule has 0 spiro atoms. The fraction of sp³-hybridized carbons (Fsp3) is 0.333. The molecule has 1 heterocycles. The van der Waals surface area contributed by atoms with Gasteiger partial charge < -0.3 is 0 Å². The molecule has 0 saturated heterocycles. The van der Waals surface area contributed by atoms with Crippen molar-refractivity contribution in [2.24, 2.45) is 0 Å². The fourth-order valence-electron chi connectivity index (χ4n) is 2.67. The van der Waals surface area contributed by atoms with Crippen LogP contribution in [0, 0.1) is 0 Å². The van der Waals surface area contributed by atoms with E-state index in [-0.39, 0.29) is 0 Å². The van der Waals surface area contributed by atoms with Crippen molar-refractivity contribution in [3.63, 3.8) is 0 Å². The molecular weight excluding hydrogens is 483 g/mol. The van der Waals surface area contributed by atoms with Gasteiger partial charge in [-0.25, -0.2) is 9.97 Å². The molecule has 3 rings (SSSR count). The van der Waals surface area contributed by atoms with Crippen LogP contribution in [0.4, 0.5) is 0 Å². The van der Waals surface area contributed by atoms with Gasteiger partial charge in [-0.2, -0.15) is 0 Å². The molecule has 1 aromatic carbocycles. The Hall–Kier alpha value is 0.0300. The van der Waals surface area contributed by atoms with Gasteiger partial charge in [0.05, 0.1) is 10.2 Å². The Labute approximate surface area is 154 Å². The first-order valence-corrected chi connectivity index (χ1v) is 9.50. The SMILES string of the molecule is Clc1nc(-c2ccc(Br)c(Br)c2)nc(C2CCCC2)c1Br. The number of nitrogens with zero attached hydrogens (tertiary/aromatic N) is 2. The average Bonchev–Trinajstić information content (AvgIpc) is 2.98. The van der Waals surface area contributed by atoms with Gasteiger partial charge in [0.15, 0.2) is 5.82 Å². The summed E-state index contributed by atoms with van der Waals surface area (Å²) in [6.07, 6.45) is 4.88. The molecule has 1 aliphatic carbocycles. The second-order valence-electron chi connectivity index (χ2n) is 5.15. The van der Waals surface area contributed by atoms with Crippen LogP contribution < -0.4 is 0 Å². The Bertz CT molecular complexity index is 685. The number of hydrogen-bond donors (Lipinski definition) is 0. The van der Waals surface area contributed by atoms with Gasteiger partial charge in [-0.3, -0.25) is 0 Å². The van der Waals surface area contributed by atoms with Crippen molar-refractivity contribution in [2.75, 3.05) is 0 Å². The summed E-state index contributed by atoms with van der Waals surface area (Å²) in [6, 6.07) is 5.98. The molecule has 1 saturated carbocycles. The Kier molecular flexibility index (Phi) is 5.04. The van der Waals surface area contributed by atoms with Gasteiger partial charge in [-0.1, -0.05) is 24.4 Å². The first-order chi connectivity index (χ1) is 10.1. The van der Waals surface area contributed by atoms with E-state index >= 15 is 0 Å². The Morgan fingerprint density at radius 2 is 1.71 bits per heavy atom. The lowest BCUT2D eigenvalue weighted by Gasteiger charge is -2.13. The minimum atomic E-state index is 0.484. The summed E-state index contributed by atoms with van der Waals surface area (Å²) in [6.45, 7) is 0. The van der Waals surface area contributed by atoms with E-state index in [0.717, 1.165) is 24.7 Å². The van der Waals surface area contributed by atoms with Gasteiger partial charge in [0, 0.05) is 20.4 Å². The third kappa shape index (κ3) is 3.36. The van der Waals surface area contributed by atoms with Crippen LogP contribution in [-0.2, 0) is 0 Å². The number of rotatable bonds is 2. The standard InChI is InChI=1S/C15H12Br3ClN2/c16-10-6-5-9(7-11(10)17)15-20-13(8-3-1-2-4-8)12(18)14(19)21-15/h5-8H,1-4H2. The number of halogens is 4. The Balaban J connectivity index is 2.08.